The molecule has 0 radical (unpaired) electrons. The molecule has 3 heteroatoms. The number of amides is 2. The Morgan fingerprint density at radius 3 is 2.00 bits per heavy atom. The maximum Gasteiger partial charge on any atom is 0.314 e. The lowest BCUT2D eigenvalue weighted by atomic mass is 9.89. The number of urea groups is 1. The highest BCUT2D eigenvalue weighted by Crippen LogP contribution is 2.21. The molecule has 0 spiro atoms. The van der Waals surface area contributed by atoms with E-state index in [0.717, 1.165) is 13.1 Å². The van der Waals surface area contributed by atoms with Crippen LogP contribution in [0.5, 0.6) is 0 Å². The van der Waals surface area contributed by atoms with Gasteiger partial charge in [-0.25, -0.2) is 4.79 Å². The fourth-order valence-corrected chi connectivity index (χ4v) is 1.79. The molecule has 2 N–H and O–H groups in total. The average molecular weight is 166 g/mol. The number of rotatable bonds is 0. The Morgan fingerprint density at radius 2 is 1.58 bits per heavy atom. The first-order valence-electron chi connectivity index (χ1n) is 4.54. The topological polar surface area (TPSA) is 41.1 Å². The zero-order valence-corrected chi connectivity index (χ0v) is 7.05. The summed E-state index contributed by atoms with van der Waals surface area (Å²) in [5.74, 6) is 1.12. The van der Waals surface area contributed by atoms with Crippen molar-refractivity contribution in [2.45, 2.75) is 12.8 Å². The molecule has 2 atom stereocenters. The average Bonchev–Trinajstić information content (AvgIpc) is 2.24. The van der Waals surface area contributed by atoms with Gasteiger partial charge in [0, 0.05) is 13.1 Å². The molecular weight excluding hydrogens is 152 g/mol. The molecule has 2 unspecified atom stereocenters. The van der Waals surface area contributed by atoms with Crippen molar-refractivity contribution >= 4 is 6.03 Å². The molecule has 1 saturated heterocycles. The molecular formula is C9H14N2O. The lowest BCUT2D eigenvalue weighted by Gasteiger charge is -2.19. The van der Waals surface area contributed by atoms with Crippen molar-refractivity contribution in [3.8, 4) is 0 Å². The van der Waals surface area contributed by atoms with Gasteiger partial charge in [-0.05, 0) is 24.7 Å². The number of carbonyl (C=O) groups excluding carboxylic acids is 1. The highest BCUT2D eigenvalue weighted by Gasteiger charge is 2.19. The standard InChI is InChI=1S/C9H14N2O/c12-9-10-5-7-1-2-8(4-3-7)6-11-9/h1-2,7-8H,3-6H2,(H2,10,11,12). The lowest BCUT2D eigenvalue weighted by molar-refractivity contribution is 0.240. The monoisotopic (exact) mass is 166 g/mol. The number of carbonyl (C=O) groups is 1. The Balaban J connectivity index is 2.07. The first-order chi connectivity index (χ1) is 5.84. The van der Waals surface area contributed by atoms with Crippen LogP contribution in [-0.2, 0) is 0 Å². The minimum absolute atomic E-state index is 0.0180. The largest absolute Gasteiger partial charge is 0.338 e. The van der Waals surface area contributed by atoms with Gasteiger partial charge in [0.25, 0.3) is 0 Å². The van der Waals surface area contributed by atoms with Gasteiger partial charge in [-0.2, -0.15) is 0 Å². The van der Waals surface area contributed by atoms with Crippen LogP contribution in [0.25, 0.3) is 0 Å². The maximum atomic E-state index is 11.1. The highest BCUT2D eigenvalue weighted by molar-refractivity contribution is 5.73. The molecule has 2 heterocycles. The first kappa shape index (κ1) is 7.65. The number of hydrogen-bond acceptors (Lipinski definition) is 1. The molecule has 1 fully saturated rings. The van der Waals surface area contributed by atoms with Gasteiger partial charge in [0.2, 0.25) is 0 Å². The third-order valence-corrected chi connectivity index (χ3v) is 2.61. The van der Waals surface area contributed by atoms with Crippen LogP contribution in [0.2, 0.25) is 0 Å². The summed E-state index contributed by atoms with van der Waals surface area (Å²) in [6, 6.07) is -0.0180. The lowest BCUT2D eigenvalue weighted by Crippen LogP contribution is -2.37. The summed E-state index contributed by atoms with van der Waals surface area (Å²) >= 11 is 0. The van der Waals surface area contributed by atoms with E-state index in [9.17, 15) is 4.79 Å². The van der Waals surface area contributed by atoms with Crippen LogP contribution in [0.3, 0.4) is 0 Å². The number of nitrogens with one attached hydrogen (secondary N) is 2. The summed E-state index contributed by atoms with van der Waals surface area (Å²) in [6.07, 6.45) is 6.90. The van der Waals surface area contributed by atoms with E-state index < -0.39 is 0 Å². The second-order valence-electron chi connectivity index (χ2n) is 3.57. The number of hydrogen-bond donors (Lipinski definition) is 2. The van der Waals surface area contributed by atoms with Gasteiger partial charge in [-0.1, -0.05) is 12.2 Å². The maximum absolute atomic E-state index is 11.1. The van der Waals surface area contributed by atoms with Crippen molar-refractivity contribution in [3.05, 3.63) is 12.2 Å². The van der Waals surface area contributed by atoms with Crippen LogP contribution in [0.4, 0.5) is 4.79 Å². The summed E-state index contributed by atoms with van der Waals surface area (Å²) in [4.78, 5) is 11.1. The van der Waals surface area contributed by atoms with E-state index in [1.165, 1.54) is 12.8 Å². The van der Waals surface area contributed by atoms with Crippen molar-refractivity contribution in [2.24, 2.45) is 11.8 Å². The zero-order valence-electron chi connectivity index (χ0n) is 7.05. The quantitative estimate of drug-likeness (QED) is 0.515. The fourth-order valence-electron chi connectivity index (χ4n) is 1.79. The van der Waals surface area contributed by atoms with E-state index >= 15 is 0 Å². The summed E-state index contributed by atoms with van der Waals surface area (Å²) in [5, 5.41) is 5.70. The van der Waals surface area contributed by atoms with Gasteiger partial charge in [0.05, 0.1) is 0 Å². The molecule has 3 rings (SSSR count). The molecule has 2 amide bonds. The molecule has 1 aliphatic carbocycles. The van der Waals surface area contributed by atoms with E-state index in [2.05, 4.69) is 22.8 Å². The molecule has 2 aliphatic heterocycles. The molecule has 0 aromatic rings. The molecule has 3 aliphatic rings. The normalized spacial score (nSPS) is 34.5. The van der Waals surface area contributed by atoms with Crippen LogP contribution < -0.4 is 10.6 Å². The first-order valence-corrected chi connectivity index (χ1v) is 4.54. The SMILES string of the molecule is O=C1NCC2C=CC(CC2)CN1. The van der Waals surface area contributed by atoms with E-state index in [1.807, 2.05) is 0 Å². The van der Waals surface area contributed by atoms with E-state index in [4.69, 9.17) is 0 Å². The molecule has 66 valence electrons. The molecule has 0 saturated carbocycles. The van der Waals surface area contributed by atoms with E-state index in [0.29, 0.717) is 11.8 Å². The Kier molecular flexibility index (Phi) is 2.02. The molecule has 12 heavy (non-hydrogen) atoms. The predicted octanol–water partition coefficient (Wildman–Crippen LogP) is 0.882. The third kappa shape index (κ3) is 1.60. The smallest absolute Gasteiger partial charge is 0.314 e. The van der Waals surface area contributed by atoms with Gasteiger partial charge in [-0.3, -0.25) is 0 Å². The predicted molar refractivity (Wildman–Crippen MR) is 46.8 cm³/mol. The summed E-state index contributed by atoms with van der Waals surface area (Å²) in [5.41, 5.74) is 0. The third-order valence-electron chi connectivity index (χ3n) is 2.61. The van der Waals surface area contributed by atoms with Gasteiger partial charge in [-0.15, -0.1) is 0 Å². The second kappa shape index (κ2) is 3.17. The van der Waals surface area contributed by atoms with Gasteiger partial charge in [0.1, 0.15) is 0 Å². The Bertz CT molecular complexity index is 193. The van der Waals surface area contributed by atoms with Crippen molar-refractivity contribution in [2.75, 3.05) is 13.1 Å². The van der Waals surface area contributed by atoms with Crippen LogP contribution in [0, 0.1) is 11.8 Å². The van der Waals surface area contributed by atoms with Crippen LogP contribution in [0.1, 0.15) is 12.8 Å². The van der Waals surface area contributed by atoms with Crippen molar-refractivity contribution in [1.82, 2.24) is 10.6 Å². The minimum atomic E-state index is -0.0180. The minimum Gasteiger partial charge on any atom is -0.338 e. The molecule has 2 bridgehead atoms. The highest BCUT2D eigenvalue weighted by atomic mass is 16.2. The fraction of sp³-hybridized carbons (Fsp3) is 0.667. The van der Waals surface area contributed by atoms with Crippen molar-refractivity contribution in [1.29, 1.82) is 0 Å². The van der Waals surface area contributed by atoms with Crippen molar-refractivity contribution < 1.29 is 4.79 Å². The van der Waals surface area contributed by atoms with Crippen LogP contribution >= 0.6 is 0 Å². The van der Waals surface area contributed by atoms with Crippen LogP contribution in [-0.4, -0.2) is 19.1 Å². The van der Waals surface area contributed by atoms with Gasteiger partial charge < -0.3 is 10.6 Å². The van der Waals surface area contributed by atoms with Crippen molar-refractivity contribution in [3.63, 3.8) is 0 Å². The summed E-state index contributed by atoms with van der Waals surface area (Å²) < 4.78 is 0. The summed E-state index contributed by atoms with van der Waals surface area (Å²) in [7, 11) is 0. The van der Waals surface area contributed by atoms with Gasteiger partial charge in [0.15, 0.2) is 0 Å². The van der Waals surface area contributed by atoms with E-state index in [-0.39, 0.29) is 6.03 Å². The van der Waals surface area contributed by atoms with Crippen LogP contribution in [0.15, 0.2) is 12.2 Å². The Hall–Kier alpha value is -0.990. The van der Waals surface area contributed by atoms with E-state index in [1.54, 1.807) is 0 Å². The zero-order chi connectivity index (χ0) is 8.39. The number of fused-ring (bicyclic) bond motifs is 5. The van der Waals surface area contributed by atoms with Gasteiger partial charge >= 0.3 is 6.03 Å². The summed E-state index contributed by atoms with van der Waals surface area (Å²) in [6.45, 7) is 1.57. The molecule has 0 aromatic carbocycles. The molecule has 0 aromatic heterocycles. The molecule has 3 nitrogen and oxygen atoms in total. The second-order valence-corrected chi connectivity index (χ2v) is 3.57. The Labute approximate surface area is 72.2 Å². The Morgan fingerprint density at radius 1 is 1.08 bits per heavy atom.